The Morgan fingerprint density at radius 1 is 1.17 bits per heavy atom. The summed E-state index contributed by atoms with van der Waals surface area (Å²) in [5.74, 6) is 0.703. The molecular formula is C14H12FN2P. The van der Waals surface area contributed by atoms with E-state index in [0.29, 0.717) is 0 Å². The van der Waals surface area contributed by atoms with Gasteiger partial charge in [0.25, 0.3) is 0 Å². The maximum Gasteiger partial charge on any atom is 0.124 e. The molecule has 4 heteroatoms. The van der Waals surface area contributed by atoms with E-state index >= 15 is 0 Å². The number of aromatic nitrogens is 2. The van der Waals surface area contributed by atoms with E-state index in [-0.39, 0.29) is 5.82 Å². The number of nitrogens with zero attached hydrogens (tertiary/aromatic N) is 2. The molecule has 0 spiro atoms. The molecular weight excluding hydrogens is 246 g/mol. The fourth-order valence-electron chi connectivity index (χ4n) is 2.07. The molecule has 0 radical (unpaired) electrons. The fourth-order valence-corrected chi connectivity index (χ4v) is 2.41. The number of pyridine rings is 1. The van der Waals surface area contributed by atoms with Crippen molar-refractivity contribution in [2.45, 2.75) is 6.92 Å². The standard InChI is InChI=1S/C14H12FN2P/c1-9-16-7-13-3-2-10(8-17(9)13)11-4-12(15)6-14(18)5-11/h2-8H,18H2,1H3. The number of halogens is 1. The van der Waals surface area contributed by atoms with Gasteiger partial charge in [-0.25, -0.2) is 9.37 Å². The molecule has 1 aromatic carbocycles. The largest absolute Gasteiger partial charge is 0.303 e. The van der Waals surface area contributed by atoms with Crippen molar-refractivity contribution >= 4 is 20.1 Å². The van der Waals surface area contributed by atoms with E-state index in [1.807, 2.05) is 41.9 Å². The molecule has 0 bridgehead atoms. The van der Waals surface area contributed by atoms with Gasteiger partial charge in [0.1, 0.15) is 11.6 Å². The van der Waals surface area contributed by atoms with Gasteiger partial charge in [0.2, 0.25) is 0 Å². The fraction of sp³-hybridized carbons (Fsp3) is 0.0714. The first-order valence-electron chi connectivity index (χ1n) is 5.63. The summed E-state index contributed by atoms with van der Waals surface area (Å²) in [5, 5.41) is 0.840. The van der Waals surface area contributed by atoms with Gasteiger partial charge in [-0.3, -0.25) is 0 Å². The number of aryl methyl sites for hydroxylation is 1. The Labute approximate surface area is 107 Å². The van der Waals surface area contributed by atoms with Crippen molar-refractivity contribution in [3.63, 3.8) is 0 Å². The lowest BCUT2D eigenvalue weighted by molar-refractivity contribution is 0.629. The van der Waals surface area contributed by atoms with Crippen LogP contribution in [0.4, 0.5) is 4.39 Å². The molecule has 0 N–H and O–H groups in total. The second-order valence-electron chi connectivity index (χ2n) is 4.29. The van der Waals surface area contributed by atoms with E-state index in [1.165, 1.54) is 6.07 Å². The SMILES string of the molecule is Cc1ncc2ccc(-c3cc(F)cc(P)c3)cn12. The molecule has 1 atom stereocenters. The normalized spacial score (nSPS) is 11.1. The minimum Gasteiger partial charge on any atom is -0.303 e. The van der Waals surface area contributed by atoms with Crippen LogP contribution in [0.3, 0.4) is 0 Å². The maximum absolute atomic E-state index is 13.4. The van der Waals surface area contributed by atoms with Crippen molar-refractivity contribution in [2.75, 3.05) is 0 Å². The third-order valence-electron chi connectivity index (χ3n) is 2.97. The van der Waals surface area contributed by atoms with E-state index in [9.17, 15) is 4.39 Å². The van der Waals surface area contributed by atoms with E-state index in [2.05, 4.69) is 14.2 Å². The second kappa shape index (κ2) is 4.18. The zero-order valence-electron chi connectivity index (χ0n) is 9.89. The van der Waals surface area contributed by atoms with Gasteiger partial charge in [-0.15, -0.1) is 9.24 Å². The van der Waals surface area contributed by atoms with Crippen molar-refractivity contribution in [2.24, 2.45) is 0 Å². The van der Waals surface area contributed by atoms with E-state index in [0.717, 1.165) is 27.8 Å². The zero-order chi connectivity index (χ0) is 12.7. The zero-order valence-corrected chi connectivity index (χ0v) is 11.0. The lowest BCUT2D eigenvalue weighted by atomic mass is 10.1. The van der Waals surface area contributed by atoms with E-state index < -0.39 is 0 Å². The van der Waals surface area contributed by atoms with Crippen LogP contribution in [0.1, 0.15) is 5.82 Å². The summed E-state index contributed by atoms with van der Waals surface area (Å²) in [6.45, 7) is 1.95. The summed E-state index contributed by atoms with van der Waals surface area (Å²) in [6.07, 6.45) is 3.81. The van der Waals surface area contributed by atoms with Gasteiger partial charge in [0, 0.05) is 6.20 Å². The van der Waals surface area contributed by atoms with Crippen molar-refractivity contribution in [1.29, 1.82) is 0 Å². The third kappa shape index (κ3) is 1.91. The Morgan fingerprint density at radius 2 is 2.00 bits per heavy atom. The molecule has 90 valence electrons. The molecule has 0 saturated carbocycles. The number of fused-ring (bicyclic) bond motifs is 1. The summed E-state index contributed by atoms with van der Waals surface area (Å²) < 4.78 is 15.4. The number of benzene rings is 1. The topological polar surface area (TPSA) is 17.3 Å². The number of rotatable bonds is 1. The summed E-state index contributed by atoms with van der Waals surface area (Å²) in [5.41, 5.74) is 2.89. The quantitative estimate of drug-likeness (QED) is 0.613. The Bertz CT molecular complexity index is 713. The first-order valence-corrected chi connectivity index (χ1v) is 6.21. The van der Waals surface area contributed by atoms with Crippen LogP contribution in [-0.4, -0.2) is 9.38 Å². The molecule has 0 amide bonds. The van der Waals surface area contributed by atoms with Gasteiger partial charge in [0.15, 0.2) is 0 Å². The van der Waals surface area contributed by atoms with Crippen LogP contribution in [0, 0.1) is 12.7 Å². The van der Waals surface area contributed by atoms with Crippen LogP contribution in [-0.2, 0) is 0 Å². The summed E-state index contributed by atoms with van der Waals surface area (Å²) >= 11 is 0. The number of hydrogen-bond acceptors (Lipinski definition) is 1. The molecule has 3 rings (SSSR count). The van der Waals surface area contributed by atoms with Crippen LogP contribution in [0.15, 0.2) is 42.7 Å². The predicted octanol–water partition coefficient (Wildman–Crippen LogP) is 2.95. The van der Waals surface area contributed by atoms with Gasteiger partial charge in [-0.1, -0.05) is 6.07 Å². The van der Waals surface area contributed by atoms with Crippen LogP contribution in [0.5, 0.6) is 0 Å². The Hall–Kier alpha value is -1.73. The predicted molar refractivity (Wildman–Crippen MR) is 74.7 cm³/mol. The van der Waals surface area contributed by atoms with Crippen molar-refractivity contribution in [3.05, 3.63) is 54.4 Å². The molecule has 0 saturated heterocycles. The van der Waals surface area contributed by atoms with Gasteiger partial charge in [-0.05, 0) is 47.6 Å². The first-order chi connectivity index (χ1) is 8.63. The van der Waals surface area contributed by atoms with Crippen LogP contribution >= 0.6 is 9.24 Å². The minimum absolute atomic E-state index is 0.222. The number of hydrogen-bond donors (Lipinski definition) is 0. The van der Waals surface area contributed by atoms with Gasteiger partial charge in [-0.2, -0.15) is 0 Å². The molecule has 18 heavy (non-hydrogen) atoms. The molecule has 2 nitrogen and oxygen atoms in total. The van der Waals surface area contributed by atoms with Crippen LogP contribution < -0.4 is 5.30 Å². The van der Waals surface area contributed by atoms with Crippen molar-refractivity contribution in [1.82, 2.24) is 9.38 Å². The Balaban J connectivity index is 2.21. The monoisotopic (exact) mass is 258 g/mol. The van der Waals surface area contributed by atoms with E-state index in [4.69, 9.17) is 0 Å². The van der Waals surface area contributed by atoms with E-state index in [1.54, 1.807) is 6.07 Å². The Kier molecular flexibility index (Phi) is 2.64. The molecule has 0 fully saturated rings. The highest BCUT2D eigenvalue weighted by Crippen LogP contribution is 2.21. The first kappa shape index (κ1) is 11.4. The van der Waals surface area contributed by atoms with Crippen LogP contribution in [0.2, 0.25) is 0 Å². The highest BCUT2D eigenvalue weighted by Gasteiger charge is 2.04. The lowest BCUT2D eigenvalue weighted by Crippen LogP contribution is -1.95. The summed E-state index contributed by atoms with van der Waals surface area (Å²) in [6, 6.07) is 8.95. The van der Waals surface area contributed by atoms with Crippen molar-refractivity contribution < 1.29 is 4.39 Å². The summed E-state index contributed by atoms with van der Waals surface area (Å²) in [4.78, 5) is 4.25. The van der Waals surface area contributed by atoms with Gasteiger partial charge < -0.3 is 4.40 Å². The highest BCUT2D eigenvalue weighted by molar-refractivity contribution is 7.27. The second-order valence-corrected chi connectivity index (χ2v) is 4.96. The smallest absolute Gasteiger partial charge is 0.124 e. The summed E-state index contributed by atoms with van der Waals surface area (Å²) in [7, 11) is 2.52. The van der Waals surface area contributed by atoms with Gasteiger partial charge in [0.05, 0.1) is 11.7 Å². The minimum atomic E-state index is -0.222. The molecule has 3 aromatic rings. The lowest BCUT2D eigenvalue weighted by Gasteiger charge is -2.05. The average Bonchev–Trinajstić information content (AvgIpc) is 2.69. The number of imidazole rings is 1. The van der Waals surface area contributed by atoms with Gasteiger partial charge >= 0.3 is 0 Å². The average molecular weight is 258 g/mol. The third-order valence-corrected chi connectivity index (χ3v) is 3.30. The van der Waals surface area contributed by atoms with Crippen molar-refractivity contribution in [3.8, 4) is 11.1 Å². The maximum atomic E-state index is 13.4. The molecule has 0 aliphatic rings. The molecule has 0 aliphatic heterocycles. The Morgan fingerprint density at radius 3 is 2.78 bits per heavy atom. The molecule has 0 aliphatic carbocycles. The van der Waals surface area contributed by atoms with Crippen LogP contribution in [0.25, 0.3) is 16.6 Å². The molecule has 2 aromatic heterocycles. The molecule has 2 heterocycles. The highest BCUT2D eigenvalue weighted by atomic mass is 31.0. The molecule has 1 unspecified atom stereocenters.